The van der Waals surface area contributed by atoms with Crippen molar-refractivity contribution >= 4 is 6.03 Å². The van der Waals surface area contributed by atoms with Crippen LogP contribution in [0.1, 0.15) is 18.4 Å². The molecule has 0 aliphatic carbocycles. The molecule has 128 valence electrons. The monoisotopic (exact) mass is 327 g/mol. The summed E-state index contributed by atoms with van der Waals surface area (Å²) in [5.74, 6) is 0. The van der Waals surface area contributed by atoms with Gasteiger partial charge in [0.25, 0.3) is 0 Å². The Kier molecular flexibility index (Phi) is 5.48. The molecule has 0 unspecified atom stereocenters. The van der Waals surface area contributed by atoms with Crippen molar-refractivity contribution in [2.75, 3.05) is 26.7 Å². The Hall–Kier alpha value is -2.34. The van der Waals surface area contributed by atoms with E-state index in [4.69, 9.17) is 0 Å². The fourth-order valence-electron chi connectivity index (χ4n) is 2.92. The summed E-state index contributed by atoms with van der Waals surface area (Å²) in [6.07, 6.45) is 6.67. The van der Waals surface area contributed by atoms with E-state index in [0.29, 0.717) is 12.6 Å². The number of carbonyl (C=O) groups excluding carboxylic acids is 1. The zero-order valence-corrected chi connectivity index (χ0v) is 14.1. The number of likely N-dealkylation sites (tertiary alicyclic amines) is 1. The summed E-state index contributed by atoms with van der Waals surface area (Å²) in [6.45, 7) is 2.70. The second kappa shape index (κ2) is 7.97. The van der Waals surface area contributed by atoms with Gasteiger partial charge >= 0.3 is 6.03 Å². The Morgan fingerprint density at radius 2 is 2.00 bits per heavy atom. The van der Waals surface area contributed by atoms with E-state index in [-0.39, 0.29) is 6.03 Å². The van der Waals surface area contributed by atoms with Gasteiger partial charge in [0.1, 0.15) is 0 Å². The van der Waals surface area contributed by atoms with Crippen LogP contribution in [0.5, 0.6) is 0 Å². The van der Waals surface area contributed by atoms with Crippen molar-refractivity contribution in [3.63, 3.8) is 0 Å². The van der Waals surface area contributed by atoms with Crippen LogP contribution >= 0.6 is 0 Å². The number of hydrogen-bond donors (Lipinski definition) is 2. The maximum absolute atomic E-state index is 12.0. The minimum absolute atomic E-state index is 0.0694. The second-order valence-electron chi connectivity index (χ2n) is 6.36. The number of piperidine rings is 1. The van der Waals surface area contributed by atoms with E-state index in [0.717, 1.165) is 43.6 Å². The number of benzene rings is 1. The van der Waals surface area contributed by atoms with Crippen LogP contribution in [-0.4, -0.2) is 53.4 Å². The SMILES string of the molecule is CN1CCC(NC(=O)NCCc2cnn(-c3ccccc3)c2)CC1. The molecule has 2 aromatic rings. The first-order valence-electron chi connectivity index (χ1n) is 8.52. The lowest BCUT2D eigenvalue weighted by atomic mass is 10.1. The molecule has 2 N–H and O–H groups in total. The van der Waals surface area contributed by atoms with Gasteiger partial charge in [0.2, 0.25) is 0 Å². The van der Waals surface area contributed by atoms with E-state index in [1.54, 1.807) is 0 Å². The van der Waals surface area contributed by atoms with Crippen molar-refractivity contribution in [2.24, 2.45) is 0 Å². The average Bonchev–Trinajstić information content (AvgIpc) is 3.07. The quantitative estimate of drug-likeness (QED) is 0.880. The zero-order chi connectivity index (χ0) is 16.8. The normalized spacial score (nSPS) is 16.0. The highest BCUT2D eigenvalue weighted by Crippen LogP contribution is 2.09. The second-order valence-corrected chi connectivity index (χ2v) is 6.36. The van der Waals surface area contributed by atoms with Crippen LogP contribution < -0.4 is 10.6 Å². The third-order valence-electron chi connectivity index (χ3n) is 4.41. The molecule has 0 spiro atoms. The van der Waals surface area contributed by atoms with Gasteiger partial charge in [0, 0.05) is 18.8 Å². The predicted octanol–water partition coefficient (Wildman–Crippen LogP) is 1.81. The van der Waals surface area contributed by atoms with Crippen LogP contribution in [0.3, 0.4) is 0 Å². The molecule has 1 saturated heterocycles. The summed E-state index contributed by atoms with van der Waals surface area (Å²) in [4.78, 5) is 14.2. The minimum atomic E-state index is -0.0694. The van der Waals surface area contributed by atoms with Crippen molar-refractivity contribution in [3.05, 3.63) is 48.3 Å². The molecule has 0 radical (unpaired) electrons. The molecule has 1 aromatic heterocycles. The van der Waals surface area contributed by atoms with E-state index >= 15 is 0 Å². The molecule has 3 rings (SSSR count). The highest BCUT2D eigenvalue weighted by atomic mass is 16.2. The molecule has 6 heteroatoms. The lowest BCUT2D eigenvalue weighted by Gasteiger charge is -2.29. The Labute approximate surface area is 142 Å². The molecule has 1 fully saturated rings. The van der Waals surface area contributed by atoms with Crippen LogP contribution in [0.15, 0.2) is 42.7 Å². The Morgan fingerprint density at radius 3 is 2.75 bits per heavy atom. The van der Waals surface area contributed by atoms with Gasteiger partial charge in [0.15, 0.2) is 0 Å². The first-order chi connectivity index (χ1) is 11.7. The van der Waals surface area contributed by atoms with Gasteiger partial charge in [-0.1, -0.05) is 18.2 Å². The maximum Gasteiger partial charge on any atom is 0.315 e. The average molecular weight is 327 g/mol. The van der Waals surface area contributed by atoms with Gasteiger partial charge < -0.3 is 15.5 Å². The number of urea groups is 1. The third kappa shape index (κ3) is 4.58. The minimum Gasteiger partial charge on any atom is -0.338 e. The number of hydrogen-bond acceptors (Lipinski definition) is 3. The number of carbonyl (C=O) groups is 1. The van der Waals surface area contributed by atoms with Gasteiger partial charge in [-0.15, -0.1) is 0 Å². The van der Waals surface area contributed by atoms with Gasteiger partial charge in [0.05, 0.1) is 11.9 Å². The van der Waals surface area contributed by atoms with E-state index in [9.17, 15) is 4.79 Å². The van der Waals surface area contributed by atoms with Crippen LogP contribution in [0.25, 0.3) is 5.69 Å². The first-order valence-corrected chi connectivity index (χ1v) is 8.52. The summed E-state index contributed by atoms with van der Waals surface area (Å²) in [6, 6.07) is 10.2. The molecule has 1 aliphatic heterocycles. The molecule has 2 amide bonds. The number of aromatic nitrogens is 2. The van der Waals surface area contributed by atoms with Crippen LogP contribution in [-0.2, 0) is 6.42 Å². The Bertz CT molecular complexity index is 646. The third-order valence-corrected chi connectivity index (χ3v) is 4.41. The summed E-state index contributed by atoms with van der Waals surface area (Å²) in [5.41, 5.74) is 2.15. The number of nitrogens with zero attached hydrogens (tertiary/aromatic N) is 3. The lowest BCUT2D eigenvalue weighted by molar-refractivity contribution is 0.214. The molecule has 6 nitrogen and oxygen atoms in total. The van der Waals surface area contributed by atoms with E-state index in [1.807, 2.05) is 47.4 Å². The standard InChI is InChI=1S/C18H25N5O/c1-22-11-8-16(9-12-22)21-18(24)19-10-7-15-13-20-23(14-15)17-5-3-2-4-6-17/h2-6,13-14,16H,7-12H2,1H3,(H2,19,21,24). The molecule has 1 aliphatic rings. The molecule has 0 atom stereocenters. The van der Waals surface area contributed by atoms with Crippen LogP contribution in [0.2, 0.25) is 0 Å². The number of nitrogens with one attached hydrogen (secondary N) is 2. The highest BCUT2D eigenvalue weighted by Gasteiger charge is 2.17. The molecule has 1 aromatic carbocycles. The van der Waals surface area contributed by atoms with Crippen molar-refractivity contribution in [1.82, 2.24) is 25.3 Å². The number of para-hydroxylation sites is 1. The van der Waals surface area contributed by atoms with Crippen LogP contribution in [0.4, 0.5) is 4.79 Å². The molecule has 0 bridgehead atoms. The maximum atomic E-state index is 12.0. The number of rotatable bonds is 5. The Morgan fingerprint density at radius 1 is 1.25 bits per heavy atom. The fourth-order valence-corrected chi connectivity index (χ4v) is 2.92. The topological polar surface area (TPSA) is 62.2 Å². The predicted molar refractivity (Wildman–Crippen MR) is 94.3 cm³/mol. The van der Waals surface area contributed by atoms with Crippen LogP contribution in [0, 0.1) is 0 Å². The molecule has 2 heterocycles. The van der Waals surface area contributed by atoms with E-state index in [2.05, 4.69) is 27.7 Å². The molecule has 24 heavy (non-hydrogen) atoms. The summed E-state index contributed by atoms with van der Waals surface area (Å²) >= 11 is 0. The largest absolute Gasteiger partial charge is 0.338 e. The summed E-state index contributed by atoms with van der Waals surface area (Å²) in [7, 11) is 2.12. The first kappa shape index (κ1) is 16.5. The molecule has 0 saturated carbocycles. The van der Waals surface area contributed by atoms with Gasteiger partial charge in [-0.2, -0.15) is 5.10 Å². The summed E-state index contributed by atoms with van der Waals surface area (Å²) < 4.78 is 1.86. The van der Waals surface area contributed by atoms with Gasteiger partial charge in [-0.25, -0.2) is 9.48 Å². The zero-order valence-electron chi connectivity index (χ0n) is 14.1. The fraction of sp³-hybridized carbons (Fsp3) is 0.444. The highest BCUT2D eigenvalue weighted by molar-refractivity contribution is 5.74. The van der Waals surface area contributed by atoms with Gasteiger partial charge in [-0.3, -0.25) is 0 Å². The van der Waals surface area contributed by atoms with Crippen molar-refractivity contribution in [2.45, 2.75) is 25.3 Å². The molecular weight excluding hydrogens is 302 g/mol. The van der Waals surface area contributed by atoms with Crippen molar-refractivity contribution < 1.29 is 4.79 Å². The van der Waals surface area contributed by atoms with E-state index in [1.165, 1.54) is 0 Å². The summed E-state index contributed by atoms with van der Waals surface area (Å²) in [5, 5.41) is 10.4. The van der Waals surface area contributed by atoms with Crippen molar-refractivity contribution in [1.29, 1.82) is 0 Å². The number of amides is 2. The van der Waals surface area contributed by atoms with Gasteiger partial charge in [-0.05, 0) is 57.1 Å². The van der Waals surface area contributed by atoms with Crippen molar-refractivity contribution in [3.8, 4) is 5.69 Å². The smallest absolute Gasteiger partial charge is 0.315 e. The lowest BCUT2D eigenvalue weighted by Crippen LogP contribution is -2.47. The molecular formula is C18H25N5O. The van der Waals surface area contributed by atoms with E-state index < -0.39 is 0 Å². The Balaban J connectivity index is 1.40.